The van der Waals surface area contributed by atoms with Crippen LogP contribution in [-0.2, 0) is 16.1 Å². The smallest absolute Gasteiger partial charge is 0.219 e. The molecule has 1 rings (SSSR count). The first-order valence-corrected chi connectivity index (χ1v) is 7.41. The highest BCUT2D eigenvalue weighted by atomic mass is 16.5. The Morgan fingerprint density at radius 1 is 1.10 bits per heavy atom. The Hall–Kier alpha value is -1.39. The maximum atomic E-state index is 11.5. The van der Waals surface area contributed by atoms with E-state index in [1.807, 2.05) is 30.3 Å². The summed E-state index contributed by atoms with van der Waals surface area (Å²) in [7, 11) is 0. The van der Waals surface area contributed by atoms with Gasteiger partial charge in [0.15, 0.2) is 0 Å². The van der Waals surface area contributed by atoms with Crippen molar-refractivity contribution in [3.8, 4) is 0 Å². The zero-order chi connectivity index (χ0) is 14.5. The van der Waals surface area contributed by atoms with Crippen LogP contribution in [0.5, 0.6) is 0 Å². The van der Waals surface area contributed by atoms with E-state index < -0.39 is 0 Å². The van der Waals surface area contributed by atoms with E-state index in [0.29, 0.717) is 32.7 Å². The van der Waals surface area contributed by atoms with Crippen molar-refractivity contribution in [1.82, 2.24) is 5.32 Å². The second kappa shape index (κ2) is 11.4. The predicted octanol–water partition coefficient (Wildman–Crippen LogP) is 2.23. The molecule has 0 heterocycles. The molecule has 0 aliphatic heterocycles. The zero-order valence-electron chi connectivity index (χ0n) is 12.1. The largest absolute Gasteiger partial charge is 0.377 e. The molecule has 0 fully saturated rings. The van der Waals surface area contributed by atoms with Gasteiger partial charge in [-0.3, -0.25) is 4.79 Å². The van der Waals surface area contributed by atoms with Crippen LogP contribution in [0.4, 0.5) is 0 Å². The molecule has 0 spiro atoms. The Labute approximate surface area is 121 Å². The number of ether oxygens (including phenoxy) is 1. The third kappa shape index (κ3) is 8.67. The molecule has 4 nitrogen and oxygen atoms in total. The molecule has 1 amide bonds. The second-order valence-corrected chi connectivity index (χ2v) is 4.84. The number of hydrogen-bond donors (Lipinski definition) is 2. The summed E-state index contributed by atoms with van der Waals surface area (Å²) in [5.74, 6) is 0.130. The topological polar surface area (TPSA) is 64.4 Å². The Morgan fingerprint density at radius 2 is 1.90 bits per heavy atom. The number of unbranched alkanes of at least 4 members (excludes halogenated alkanes) is 2. The number of hydrogen-bond acceptors (Lipinski definition) is 3. The van der Waals surface area contributed by atoms with E-state index in [9.17, 15) is 4.79 Å². The molecule has 0 unspecified atom stereocenters. The van der Waals surface area contributed by atoms with Crippen LogP contribution in [0, 0.1) is 0 Å². The number of carbonyl (C=O) groups excluding carboxylic acids is 1. The molecular weight excluding hydrogens is 252 g/mol. The van der Waals surface area contributed by atoms with Crippen molar-refractivity contribution in [3.05, 3.63) is 35.9 Å². The number of nitrogens with one attached hydrogen (secondary N) is 1. The van der Waals surface area contributed by atoms with Crippen molar-refractivity contribution in [1.29, 1.82) is 0 Å². The lowest BCUT2D eigenvalue weighted by molar-refractivity contribution is -0.121. The quantitative estimate of drug-likeness (QED) is 0.610. The van der Waals surface area contributed by atoms with E-state index in [-0.39, 0.29) is 5.91 Å². The molecule has 1 aromatic rings. The highest BCUT2D eigenvalue weighted by molar-refractivity contribution is 5.75. The molecule has 0 radical (unpaired) electrons. The van der Waals surface area contributed by atoms with Gasteiger partial charge in [0.1, 0.15) is 0 Å². The van der Waals surface area contributed by atoms with Crippen LogP contribution < -0.4 is 11.1 Å². The number of rotatable bonds is 11. The van der Waals surface area contributed by atoms with E-state index in [1.165, 1.54) is 5.56 Å². The summed E-state index contributed by atoms with van der Waals surface area (Å²) < 4.78 is 5.55. The molecule has 3 N–H and O–H groups in total. The Kier molecular flexibility index (Phi) is 9.53. The van der Waals surface area contributed by atoms with Crippen molar-refractivity contribution in [2.24, 2.45) is 5.73 Å². The molecule has 0 saturated heterocycles. The monoisotopic (exact) mass is 278 g/mol. The summed E-state index contributed by atoms with van der Waals surface area (Å²) in [4.78, 5) is 11.5. The highest BCUT2D eigenvalue weighted by Gasteiger charge is 2.00. The van der Waals surface area contributed by atoms with Gasteiger partial charge in [-0.1, -0.05) is 36.8 Å². The Morgan fingerprint density at radius 3 is 2.65 bits per heavy atom. The van der Waals surface area contributed by atoms with Crippen LogP contribution in [0.25, 0.3) is 0 Å². The van der Waals surface area contributed by atoms with Gasteiger partial charge in [-0.05, 0) is 31.4 Å². The molecule has 0 aromatic heterocycles. The second-order valence-electron chi connectivity index (χ2n) is 4.84. The van der Waals surface area contributed by atoms with Crippen molar-refractivity contribution in [2.45, 2.75) is 38.7 Å². The van der Waals surface area contributed by atoms with Crippen molar-refractivity contribution in [3.63, 3.8) is 0 Å². The zero-order valence-corrected chi connectivity index (χ0v) is 12.1. The van der Waals surface area contributed by atoms with Gasteiger partial charge in [-0.25, -0.2) is 0 Å². The van der Waals surface area contributed by atoms with Crippen LogP contribution in [-0.4, -0.2) is 25.6 Å². The van der Waals surface area contributed by atoms with E-state index in [0.717, 1.165) is 25.7 Å². The number of benzene rings is 1. The summed E-state index contributed by atoms with van der Waals surface area (Å²) >= 11 is 0. The van der Waals surface area contributed by atoms with Crippen LogP contribution in [0.15, 0.2) is 30.3 Å². The van der Waals surface area contributed by atoms with Crippen LogP contribution in [0.3, 0.4) is 0 Å². The molecule has 0 saturated carbocycles. The van der Waals surface area contributed by atoms with Crippen LogP contribution in [0.1, 0.15) is 37.7 Å². The maximum absolute atomic E-state index is 11.5. The molecule has 0 aliphatic carbocycles. The van der Waals surface area contributed by atoms with Crippen LogP contribution in [0.2, 0.25) is 0 Å². The minimum atomic E-state index is 0.130. The number of carbonyl (C=O) groups is 1. The number of nitrogens with two attached hydrogens (primary N) is 1. The summed E-state index contributed by atoms with van der Waals surface area (Å²) in [6, 6.07) is 10.1. The van der Waals surface area contributed by atoms with Gasteiger partial charge in [0.2, 0.25) is 5.91 Å². The van der Waals surface area contributed by atoms with Gasteiger partial charge in [0.25, 0.3) is 0 Å². The first kappa shape index (κ1) is 16.7. The molecule has 0 aliphatic rings. The van der Waals surface area contributed by atoms with E-state index in [1.54, 1.807) is 0 Å². The Balaban J connectivity index is 1.90. The van der Waals surface area contributed by atoms with Gasteiger partial charge in [-0.15, -0.1) is 0 Å². The third-order valence-corrected chi connectivity index (χ3v) is 3.01. The van der Waals surface area contributed by atoms with Crippen LogP contribution >= 0.6 is 0 Å². The van der Waals surface area contributed by atoms with Gasteiger partial charge >= 0.3 is 0 Å². The average Bonchev–Trinajstić information content (AvgIpc) is 2.48. The van der Waals surface area contributed by atoms with Crippen molar-refractivity contribution in [2.75, 3.05) is 19.7 Å². The van der Waals surface area contributed by atoms with E-state index >= 15 is 0 Å². The van der Waals surface area contributed by atoms with Crippen molar-refractivity contribution < 1.29 is 9.53 Å². The number of amides is 1. The fraction of sp³-hybridized carbons (Fsp3) is 0.562. The molecule has 4 heteroatoms. The molecule has 1 aromatic carbocycles. The third-order valence-electron chi connectivity index (χ3n) is 3.01. The minimum absolute atomic E-state index is 0.130. The summed E-state index contributed by atoms with van der Waals surface area (Å²) in [5.41, 5.74) is 6.58. The maximum Gasteiger partial charge on any atom is 0.219 e. The first-order chi connectivity index (χ1) is 9.83. The molecule has 0 atom stereocenters. The predicted molar refractivity (Wildman–Crippen MR) is 81.2 cm³/mol. The standard InChI is InChI=1S/C16H26N2O2/c17-11-6-2-5-10-16(19)18-12-7-13-20-14-15-8-3-1-4-9-15/h1,3-4,8-9H,2,5-7,10-14,17H2,(H,18,19). The normalized spacial score (nSPS) is 10.4. The van der Waals surface area contributed by atoms with Crippen molar-refractivity contribution >= 4 is 5.91 Å². The van der Waals surface area contributed by atoms with Gasteiger partial charge in [0.05, 0.1) is 6.61 Å². The SMILES string of the molecule is NCCCCCC(=O)NCCCOCc1ccccc1. The fourth-order valence-electron chi connectivity index (χ4n) is 1.86. The summed E-state index contributed by atoms with van der Waals surface area (Å²) in [6.07, 6.45) is 4.41. The lowest BCUT2D eigenvalue weighted by Gasteiger charge is -2.06. The summed E-state index contributed by atoms with van der Waals surface area (Å²) in [6.45, 7) is 2.70. The van der Waals surface area contributed by atoms with Gasteiger partial charge < -0.3 is 15.8 Å². The summed E-state index contributed by atoms with van der Waals surface area (Å²) in [5, 5.41) is 2.91. The van der Waals surface area contributed by atoms with Gasteiger partial charge in [0, 0.05) is 19.6 Å². The first-order valence-electron chi connectivity index (χ1n) is 7.41. The molecule has 20 heavy (non-hydrogen) atoms. The highest BCUT2D eigenvalue weighted by Crippen LogP contribution is 2.01. The molecular formula is C16H26N2O2. The average molecular weight is 278 g/mol. The van der Waals surface area contributed by atoms with Gasteiger partial charge in [-0.2, -0.15) is 0 Å². The molecule has 112 valence electrons. The molecule has 0 bridgehead atoms. The lowest BCUT2D eigenvalue weighted by Crippen LogP contribution is -2.24. The Bertz CT molecular complexity index is 355. The van der Waals surface area contributed by atoms with E-state index in [2.05, 4.69) is 5.32 Å². The fourth-order valence-corrected chi connectivity index (χ4v) is 1.86. The minimum Gasteiger partial charge on any atom is -0.377 e. The van der Waals surface area contributed by atoms with E-state index in [4.69, 9.17) is 10.5 Å². The lowest BCUT2D eigenvalue weighted by atomic mass is 10.2.